The lowest BCUT2D eigenvalue weighted by Crippen LogP contribution is -2.47. The van der Waals surface area contributed by atoms with E-state index in [0.29, 0.717) is 24.1 Å². The molecular formula is C36H34F5N5O5. The van der Waals surface area contributed by atoms with Gasteiger partial charge in [-0.2, -0.15) is 18.3 Å². The number of anilines is 1. The number of benzene rings is 3. The number of aromatic nitrogens is 2. The highest BCUT2D eigenvalue weighted by molar-refractivity contribution is 6.06. The van der Waals surface area contributed by atoms with Crippen LogP contribution in [0.5, 0.6) is 11.5 Å². The summed E-state index contributed by atoms with van der Waals surface area (Å²) >= 11 is 0. The summed E-state index contributed by atoms with van der Waals surface area (Å²) in [5.41, 5.74) is 4.72. The molecule has 4 aromatic rings. The second kappa shape index (κ2) is 12.7. The summed E-state index contributed by atoms with van der Waals surface area (Å²) in [6, 6.07) is 17.7. The number of fused-ring (bicyclic) bond motifs is 5. The molecule has 2 atom stereocenters. The molecule has 0 radical (unpaired) electrons. The van der Waals surface area contributed by atoms with Crippen molar-refractivity contribution in [3.05, 3.63) is 101 Å². The molecule has 15 heteroatoms. The Morgan fingerprint density at radius 2 is 1.57 bits per heavy atom. The van der Waals surface area contributed by atoms with Crippen molar-refractivity contribution in [3.8, 4) is 17.2 Å². The molecule has 10 nitrogen and oxygen atoms in total. The molecule has 3 aliphatic rings. The fourth-order valence-electron chi connectivity index (χ4n) is 6.55. The molecule has 2 N–H and O–H groups in total. The monoisotopic (exact) mass is 711 g/mol. The molecule has 3 aromatic carbocycles. The number of alkyl halides is 5. The van der Waals surface area contributed by atoms with Crippen molar-refractivity contribution in [2.75, 3.05) is 11.9 Å². The van der Waals surface area contributed by atoms with E-state index in [0.717, 1.165) is 0 Å². The summed E-state index contributed by atoms with van der Waals surface area (Å²) in [5, 5.41) is 3.99. The molecule has 1 aromatic heterocycles. The van der Waals surface area contributed by atoms with Crippen LogP contribution in [-0.2, 0) is 17.4 Å². The fourth-order valence-corrected chi connectivity index (χ4v) is 6.55. The van der Waals surface area contributed by atoms with Crippen LogP contribution in [0.4, 0.5) is 27.6 Å². The number of primary amides is 1. The first-order valence-corrected chi connectivity index (χ1v) is 16.0. The van der Waals surface area contributed by atoms with Crippen molar-refractivity contribution in [1.29, 1.82) is 0 Å². The van der Waals surface area contributed by atoms with Crippen LogP contribution in [0.25, 0.3) is 5.69 Å². The Labute approximate surface area is 289 Å². The van der Waals surface area contributed by atoms with E-state index in [1.54, 1.807) is 56.0 Å². The quantitative estimate of drug-likeness (QED) is 0.230. The van der Waals surface area contributed by atoms with E-state index in [2.05, 4.69) is 14.6 Å². The van der Waals surface area contributed by atoms with Gasteiger partial charge >= 0.3 is 12.5 Å². The van der Waals surface area contributed by atoms with E-state index in [9.17, 15) is 36.3 Å². The molecule has 3 aliphatic heterocycles. The maximum atomic E-state index is 14.3. The van der Waals surface area contributed by atoms with Crippen LogP contribution in [0.15, 0.2) is 72.8 Å². The first-order valence-electron chi connectivity index (χ1n) is 16.0. The smallest absolute Gasteiger partial charge is 0.395 e. The van der Waals surface area contributed by atoms with Crippen LogP contribution < -0.4 is 20.1 Å². The lowest BCUT2D eigenvalue weighted by Gasteiger charge is -2.39. The standard InChI is InChI=1S/C29H27F5N4O4.C7H7NO/c1-27(2,3)26(40)37-17-8-10-19(37)23-20(13-17)38(35-24(23)28(30,31)32)18-7-5-6-15(12-18)25(39)36(4)16-9-11-21-22(14-16)42-29(33,34)41-21;8-7(9)6-4-2-1-3-5-6/h5-7,9,11-12,14,17,19H,8,10,13H2,1-4H3;1-5H,(H2,8,9). The summed E-state index contributed by atoms with van der Waals surface area (Å²) in [4.78, 5) is 39.9. The zero-order valence-electron chi connectivity index (χ0n) is 28.0. The molecule has 0 aliphatic carbocycles. The maximum absolute atomic E-state index is 14.3. The Morgan fingerprint density at radius 3 is 2.20 bits per heavy atom. The van der Waals surface area contributed by atoms with Crippen LogP contribution in [0.3, 0.4) is 0 Å². The van der Waals surface area contributed by atoms with Gasteiger partial charge in [0.2, 0.25) is 11.8 Å². The third-order valence-corrected chi connectivity index (χ3v) is 8.90. The number of hydrogen-bond acceptors (Lipinski definition) is 6. The lowest BCUT2D eigenvalue weighted by atomic mass is 9.90. The Kier molecular flexibility index (Phi) is 8.80. The van der Waals surface area contributed by atoms with Crippen molar-refractivity contribution < 1.29 is 45.8 Å². The first kappa shape index (κ1) is 35.4. The third kappa shape index (κ3) is 6.84. The molecular weight excluding hydrogens is 677 g/mol. The van der Waals surface area contributed by atoms with Gasteiger partial charge in [-0.05, 0) is 55.3 Å². The summed E-state index contributed by atoms with van der Waals surface area (Å²) in [6.07, 6.45) is -7.41. The van der Waals surface area contributed by atoms with Crippen LogP contribution in [0, 0.1) is 5.41 Å². The molecule has 2 unspecified atom stereocenters. The molecule has 0 saturated carbocycles. The minimum absolute atomic E-state index is 0.000130. The minimum Gasteiger partial charge on any atom is -0.395 e. The summed E-state index contributed by atoms with van der Waals surface area (Å²) in [6.45, 7) is 5.24. The molecule has 4 heterocycles. The van der Waals surface area contributed by atoms with Gasteiger partial charge in [-0.15, -0.1) is 8.78 Å². The largest absolute Gasteiger partial charge is 0.586 e. The van der Waals surface area contributed by atoms with Gasteiger partial charge in [0.15, 0.2) is 17.2 Å². The van der Waals surface area contributed by atoms with Crippen LogP contribution in [0.2, 0.25) is 0 Å². The minimum atomic E-state index is -4.76. The molecule has 268 valence electrons. The number of carbonyl (C=O) groups excluding carboxylic acids is 3. The summed E-state index contributed by atoms with van der Waals surface area (Å²) in [7, 11) is 1.43. The maximum Gasteiger partial charge on any atom is 0.586 e. The number of amides is 3. The van der Waals surface area contributed by atoms with E-state index >= 15 is 0 Å². The summed E-state index contributed by atoms with van der Waals surface area (Å²) in [5.74, 6) is -1.53. The Bertz CT molecular complexity index is 2010. The molecule has 7 rings (SSSR count). The van der Waals surface area contributed by atoms with Gasteiger partial charge in [0.05, 0.1) is 17.4 Å². The van der Waals surface area contributed by atoms with Gasteiger partial charge < -0.3 is 25.0 Å². The van der Waals surface area contributed by atoms with Gasteiger partial charge in [-0.3, -0.25) is 14.4 Å². The lowest BCUT2D eigenvalue weighted by molar-refractivity contribution is -0.286. The van der Waals surface area contributed by atoms with Crippen molar-refractivity contribution in [1.82, 2.24) is 14.7 Å². The highest BCUT2D eigenvalue weighted by Gasteiger charge is 2.52. The van der Waals surface area contributed by atoms with Crippen molar-refractivity contribution in [2.45, 2.75) is 64.6 Å². The normalized spacial score (nSPS) is 18.4. The van der Waals surface area contributed by atoms with Crippen LogP contribution >= 0.6 is 0 Å². The van der Waals surface area contributed by atoms with E-state index in [4.69, 9.17) is 5.73 Å². The van der Waals surface area contributed by atoms with Crippen molar-refractivity contribution in [2.24, 2.45) is 11.1 Å². The van der Waals surface area contributed by atoms with E-state index in [1.165, 1.54) is 53.0 Å². The average molecular weight is 712 g/mol. The highest BCUT2D eigenvalue weighted by atomic mass is 19.4. The third-order valence-electron chi connectivity index (χ3n) is 8.90. The Balaban J connectivity index is 0.000000435. The topological polar surface area (TPSA) is 120 Å². The molecule has 0 spiro atoms. The number of nitrogens with two attached hydrogens (primary N) is 1. The van der Waals surface area contributed by atoms with Gasteiger partial charge in [0, 0.05) is 53.4 Å². The van der Waals surface area contributed by atoms with Crippen molar-refractivity contribution >= 4 is 23.4 Å². The highest BCUT2D eigenvalue weighted by Crippen LogP contribution is 2.50. The molecule has 3 amide bonds. The number of hydrogen-bond donors (Lipinski definition) is 1. The van der Waals surface area contributed by atoms with E-state index in [-0.39, 0.29) is 58.3 Å². The molecule has 1 fully saturated rings. The predicted octanol–water partition coefficient (Wildman–Crippen LogP) is 6.91. The molecule has 1 saturated heterocycles. The van der Waals surface area contributed by atoms with Crippen LogP contribution in [-0.4, -0.2) is 51.8 Å². The number of carbonyl (C=O) groups is 3. The summed E-state index contributed by atoms with van der Waals surface area (Å²) < 4.78 is 79.9. The molecule has 51 heavy (non-hydrogen) atoms. The predicted molar refractivity (Wildman–Crippen MR) is 175 cm³/mol. The van der Waals surface area contributed by atoms with Gasteiger partial charge in [-0.1, -0.05) is 45.0 Å². The Morgan fingerprint density at radius 1 is 0.902 bits per heavy atom. The number of halogens is 5. The van der Waals surface area contributed by atoms with Crippen LogP contribution in [0.1, 0.15) is 77.3 Å². The second-order valence-corrected chi connectivity index (χ2v) is 13.5. The van der Waals surface area contributed by atoms with E-state index in [1.807, 2.05) is 6.07 Å². The fraction of sp³-hybridized carbons (Fsp3) is 0.333. The average Bonchev–Trinajstić information content (AvgIpc) is 3.72. The van der Waals surface area contributed by atoms with Crippen molar-refractivity contribution in [3.63, 3.8) is 0 Å². The first-order chi connectivity index (χ1) is 23.9. The van der Waals surface area contributed by atoms with Gasteiger partial charge in [0.25, 0.3) is 5.91 Å². The zero-order valence-corrected chi connectivity index (χ0v) is 28.0. The zero-order chi connectivity index (χ0) is 37.0. The molecule has 2 bridgehead atoms. The number of ether oxygens (including phenoxy) is 2. The number of rotatable bonds is 4. The SMILES string of the molecule is CN(C(=O)c1cccc(-n2nc(C(F)(F)F)c3c2CC2CCC3N2C(=O)C(C)(C)C)c1)c1ccc2c(c1)OC(F)(F)O2.NC(=O)c1ccccc1. The van der Waals surface area contributed by atoms with Gasteiger partial charge in [0.1, 0.15) is 0 Å². The van der Waals surface area contributed by atoms with Gasteiger partial charge in [-0.25, -0.2) is 4.68 Å². The number of nitrogens with zero attached hydrogens (tertiary/aromatic N) is 4. The van der Waals surface area contributed by atoms with E-state index < -0.39 is 35.5 Å². The Hall–Kier alpha value is -5.47. The second-order valence-electron chi connectivity index (χ2n) is 13.5.